The monoisotopic (exact) mass is 384 g/mol. The number of H-pyrrole nitrogens is 1. The number of carbonyl (C=O) groups excluding carboxylic acids is 1. The van der Waals surface area contributed by atoms with Crippen molar-refractivity contribution in [3.8, 4) is 11.1 Å². The molecule has 0 spiro atoms. The Kier molecular flexibility index (Phi) is 4.26. The normalized spacial score (nSPS) is 11.2. The van der Waals surface area contributed by atoms with Gasteiger partial charge in [0.25, 0.3) is 5.56 Å². The van der Waals surface area contributed by atoms with Crippen LogP contribution >= 0.6 is 22.7 Å². The largest absolute Gasteiger partial charge is 0.310 e. The second-order valence-corrected chi connectivity index (χ2v) is 7.96. The maximum Gasteiger partial charge on any atom is 0.260 e. The number of aromatic amines is 1. The quantitative estimate of drug-likeness (QED) is 0.524. The van der Waals surface area contributed by atoms with Crippen LogP contribution in [-0.2, 0) is 6.42 Å². The molecule has 0 fully saturated rings. The second-order valence-electron chi connectivity index (χ2n) is 5.81. The summed E-state index contributed by atoms with van der Waals surface area (Å²) in [6.07, 6.45) is 0.0501. The third-order valence-corrected chi connectivity index (χ3v) is 5.95. The molecular formula is C19H13FN2O2S2. The molecule has 4 nitrogen and oxygen atoms in total. The zero-order chi connectivity index (χ0) is 18.3. The molecule has 0 aliphatic heterocycles. The van der Waals surface area contributed by atoms with Crippen molar-refractivity contribution in [1.82, 2.24) is 9.97 Å². The molecule has 1 N–H and O–H groups in total. The number of rotatable bonds is 4. The zero-order valence-electron chi connectivity index (χ0n) is 13.7. The van der Waals surface area contributed by atoms with E-state index in [4.69, 9.17) is 0 Å². The van der Waals surface area contributed by atoms with Crippen molar-refractivity contribution in [2.24, 2.45) is 0 Å². The van der Waals surface area contributed by atoms with E-state index in [2.05, 4.69) is 9.97 Å². The molecule has 3 heterocycles. The zero-order valence-corrected chi connectivity index (χ0v) is 15.3. The SMILES string of the molecule is Cc1sc2nc(CC(=O)c3cccs3)[nH]c(=O)c2c1-c1ccc(F)cc1. The molecule has 4 rings (SSSR count). The number of thiophene rings is 2. The Hall–Kier alpha value is -2.64. The van der Waals surface area contributed by atoms with Gasteiger partial charge in [-0.2, -0.15) is 0 Å². The van der Waals surface area contributed by atoms with E-state index >= 15 is 0 Å². The molecule has 0 unspecified atom stereocenters. The van der Waals surface area contributed by atoms with E-state index in [1.54, 1.807) is 18.2 Å². The highest BCUT2D eigenvalue weighted by molar-refractivity contribution is 7.19. The lowest BCUT2D eigenvalue weighted by Gasteiger charge is -2.03. The van der Waals surface area contributed by atoms with Crippen molar-refractivity contribution in [2.45, 2.75) is 13.3 Å². The Morgan fingerprint density at radius 1 is 1.23 bits per heavy atom. The van der Waals surface area contributed by atoms with E-state index in [-0.39, 0.29) is 23.6 Å². The first-order chi connectivity index (χ1) is 12.5. The number of aromatic nitrogens is 2. The minimum Gasteiger partial charge on any atom is -0.310 e. The number of aryl methyl sites for hydroxylation is 1. The number of benzene rings is 1. The van der Waals surface area contributed by atoms with Crippen LogP contribution in [0.2, 0.25) is 0 Å². The standard InChI is InChI=1S/C19H13FN2O2S2/c1-10-16(11-4-6-12(20)7-5-11)17-18(24)21-15(22-19(17)26-10)9-13(23)14-3-2-8-25-14/h2-8H,9H2,1H3,(H,21,22,24). The summed E-state index contributed by atoms with van der Waals surface area (Å²) < 4.78 is 13.2. The lowest BCUT2D eigenvalue weighted by atomic mass is 10.0. The van der Waals surface area contributed by atoms with Crippen LogP contribution in [0.1, 0.15) is 20.4 Å². The number of ketones is 1. The molecule has 0 amide bonds. The number of nitrogens with one attached hydrogen (secondary N) is 1. The summed E-state index contributed by atoms with van der Waals surface area (Å²) >= 11 is 2.76. The van der Waals surface area contributed by atoms with E-state index < -0.39 is 0 Å². The molecule has 0 radical (unpaired) electrons. The lowest BCUT2D eigenvalue weighted by Crippen LogP contribution is -2.14. The van der Waals surface area contributed by atoms with Crippen LogP contribution in [0.4, 0.5) is 4.39 Å². The third kappa shape index (κ3) is 3.00. The summed E-state index contributed by atoms with van der Waals surface area (Å²) in [4.78, 5) is 34.3. The topological polar surface area (TPSA) is 62.8 Å². The van der Waals surface area contributed by atoms with Crippen molar-refractivity contribution < 1.29 is 9.18 Å². The molecule has 26 heavy (non-hydrogen) atoms. The van der Waals surface area contributed by atoms with Crippen molar-refractivity contribution >= 4 is 38.7 Å². The fourth-order valence-corrected chi connectivity index (χ4v) is 4.62. The highest BCUT2D eigenvalue weighted by Gasteiger charge is 2.18. The van der Waals surface area contributed by atoms with Gasteiger partial charge in [0.15, 0.2) is 5.78 Å². The number of fused-ring (bicyclic) bond motifs is 1. The molecule has 1 aromatic carbocycles. The van der Waals surface area contributed by atoms with E-state index in [9.17, 15) is 14.0 Å². The summed E-state index contributed by atoms with van der Waals surface area (Å²) in [6, 6.07) is 9.61. The fraction of sp³-hybridized carbons (Fsp3) is 0.105. The van der Waals surface area contributed by atoms with Gasteiger partial charge in [0, 0.05) is 10.4 Å². The average Bonchev–Trinajstić information content (AvgIpc) is 3.23. The Bertz CT molecular complexity index is 1160. The predicted molar refractivity (Wildman–Crippen MR) is 103 cm³/mol. The first-order valence-electron chi connectivity index (χ1n) is 7.88. The Labute approximate surface area is 156 Å². The Morgan fingerprint density at radius 2 is 2.00 bits per heavy atom. The van der Waals surface area contributed by atoms with E-state index in [1.165, 1.54) is 34.8 Å². The van der Waals surface area contributed by atoms with Crippen molar-refractivity contribution in [3.63, 3.8) is 0 Å². The third-order valence-electron chi connectivity index (χ3n) is 4.04. The maximum atomic E-state index is 13.2. The van der Waals surface area contributed by atoms with Gasteiger partial charge in [-0.15, -0.1) is 22.7 Å². The van der Waals surface area contributed by atoms with Gasteiger partial charge in [-0.3, -0.25) is 9.59 Å². The minimum absolute atomic E-state index is 0.0501. The molecule has 0 saturated heterocycles. The average molecular weight is 384 g/mol. The molecule has 0 atom stereocenters. The fourth-order valence-electron chi connectivity index (χ4n) is 2.89. The number of hydrogen-bond donors (Lipinski definition) is 1. The number of nitrogens with zero attached hydrogens (tertiary/aromatic N) is 1. The van der Waals surface area contributed by atoms with Crippen molar-refractivity contribution in [2.75, 3.05) is 0 Å². The summed E-state index contributed by atoms with van der Waals surface area (Å²) in [5.74, 6) is -0.0466. The van der Waals surface area contributed by atoms with Gasteiger partial charge in [0.1, 0.15) is 16.5 Å². The smallest absolute Gasteiger partial charge is 0.260 e. The molecule has 0 aliphatic carbocycles. The minimum atomic E-state index is -0.327. The van der Waals surface area contributed by atoms with Gasteiger partial charge in [-0.05, 0) is 36.1 Å². The molecule has 0 saturated carbocycles. The molecule has 4 aromatic rings. The molecular weight excluding hydrogens is 371 g/mol. The van der Waals surface area contributed by atoms with Crippen LogP contribution in [0, 0.1) is 12.7 Å². The number of Topliss-reactive ketones (excluding diaryl/α,β-unsaturated/α-hetero) is 1. The van der Waals surface area contributed by atoms with E-state index in [0.29, 0.717) is 20.9 Å². The van der Waals surface area contributed by atoms with Gasteiger partial charge in [-0.1, -0.05) is 18.2 Å². The van der Waals surface area contributed by atoms with Crippen LogP contribution in [0.15, 0.2) is 46.6 Å². The first kappa shape index (κ1) is 16.8. The number of halogens is 1. The Balaban J connectivity index is 1.78. The summed E-state index contributed by atoms with van der Waals surface area (Å²) in [6.45, 7) is 1.90. The Morgan fingerprint density at radius 3 is 2.69 bits per heavy atom. The van der Waals surface area contributed by atoms with Gasteiger partial charge in [0.2, 0.25) is 0 Å². The molecule has 0 bridgehead atoms. The number of carbonyl (C=O) groups is 1. The van der Waals surface area contributed by atoms with Crippen LogP contribution in [0.25, 0.3) is 21.3 Å². The van der Waals surface area contributed by atoms with Gasteiger partial charge in [-0.25, -0.2) is 9.37 Å². The van der Waals surface area contributed by atoms with Crippen molar-refractivity contribution in [1.29, 1.82) is 0 Å². The van der Waals surface area contributed by atoms with Gasteiger partial charge < -0.3 is 4.98 Å². The highest BCUT2D eigenvalue weighted by Crippen LogP contribution is 2.35. The second kappa shape index (κ2) is 6.59. The molecule has 130 valence electrons. The molecule has 0 aliphatic rings. The highest BCUT2D eigenvalue weighted by atomic mass is 32.1. The van der Waals surface area contributed by atoms with E-state index in [0.717, 1.165) is 16.0 Å². The van der Waals surface area contributed by atoms with Gasteiger partial charge in [0.05, 0.1) is 16.7 Å². The summed E-state index contributed by atoms with van der Waals surface area (Å²) in [5.41, 5.74) is 1.24. The van der Waals surface area contributed by atoms with Crippen molar-refractivity contribution in [3.05, 3.63) is 73.5 Å². The number of hydrogen-bond acceptors (Lipinski definition) is 5. The summed E-state index contributed by atoms with van der Waals surface area (Å²) in [5, 5.41) is 2.32. The van der Waals surface area contributed by atoms with Gasteiger partial charge >= 0.3 is 0 Å². The molecule has 3 aromatic heterocycles. The van der Waals surface area contributed by atoms with Crippen LogP contribution < -0.4 is 5.56 Å². The summed E-state index contributed by atoms with van der Waals surface area (Å²) in [7, 11) is 0. The van der Waals surface area contributed by atoms with Crippen LogP contribution in [0.5, 0.6) is 0 Å². The lowest BCUT2D eigenvalue weighted by molar-refractivity contribution is 0.0994. The van der Waals surface area contributed by atoms with E-state index in [1.807, 2.05) is 18.4 Å². The van der Waals surface area contributed by atoms with Crippen LogP contribution in [-0.4, -0.2) is 15.8 Å². The molecule has 7 heteroatoms. The first-order valence-corrected chi connectivity index (χ1v) is 9.57. The maximum absolute atomic E-state index is 13.2. The van der Waals surface area contributed by atoms with Crippen LogP contribution in [0.3, 0.4) is 0 Å². The predicted octanol–water partition coefficient (Wildman–Crippen LogP) is 4.59.